The quantitative estimate of drug-likeness (QED) is 0.570. The summed E-state index contributed by atoms with van der Waals surface area (Å²) in [5, 5.41) is 25.6. The van der Waals surface area contributed by atoms with Crippen LogP contribution in [0.4, 0.5) is 4.39 Å². The van der Waals surface area contributed by atoms with E-state index in [1.165, 1.54) is 18.3 Å². The third-order valence-corrected chi connectivity index (χ3v) is 4.45. The van der Waals surface area contributed by atoms with Gasteiger partial charge in [0.25, 0.3) is 5.91 Å². The number of halogens is 2. The summed E-state index contributed by atoms with van der Waals surface area (Å²) in [6, 6.07) is 5.83. The minimum absolute atomic E-state index is 0.0215. The number of aromatic nitrogens is 4. The van der Waals surface area contributed by atoms with Gasteiger partial charge in [-0.05, 0) is 32.0 Å². The molecule has 8 nitrogen and oxygen atoms in total. The fourth-order valence-electron chi connectivity index (χ4n) is 2.74. The number of carbonyl (C=O) groups excluding carboxylic acids is 1. The summed E-state index contributed by atoms with van der Waals surface area (Å²) in [5.41, 5.74) is 0.909. The van der Waals surface area contributed by atoms with E-state index >= 15 is 0 Å². The number of carbonyl (C=O) groups is 1. The molecule has 0 aliphatic rings. The number of hydrogen-bond donors (Lipinski definition) is 3. The number of nitrogens with one attached hydrogen (secondary N) is 2. The molecule has 2 heterocycles. The molecule has 10 heteroatoms. The van der Waals surface area contributed by atoms with Crippen LogP contribution in [-0.4, -0.2) is 36.8 Å². The van der Waals surface area contributed by atoms with Gasteiger partial charge in [0.05, 0.1) is 17.3 Å². The van der Waals surface area contributed by atoms with Crippen molar-refractivity contribution in [2.24, 2.45) is 0 Å². The lowest BCUT2D eigenvalue weighted by atomic mass is 10.1. The third-order valence-electron chi connectivity index (χ3n) is 4.15. The molecule has 0 aliphatic carbocycles. The van der Waals surface area contributed by atoms with Gasteiger partial charge in [-0.2, -0.15) is 10.4 Å². The van der Waals surface area contributed by atoms with E-state index in [9.17, 15) is 14.3 Å². The van der Waals surface area contributed by atoms with Crippen molar-refractivity contribution in [1.29, 1.82) is 5.26 Å². The maximum absolute atomic E-state index is 14.0. The van der Waals surface area contributed by atoms with E-state index in [1.807, 2.05) is 0 Å². The highest BCUT2D eigenvalue weighted by molar-refractivity contribution is 6.32. The minimum atomic E-state index is -0.794. The maximum Gasteiger partial charge on any atom is 0.271 e. The molecule has 3 rings (SSSR count). The highest BCUT2D eigenvalue weighted by Gasteiger charge is 2.16. The van der Waals surface area contributed by atoms with Crippen LogP contribution in [0.3, 0.4) is 0 Å². The van der Waals surface area contributed by atoms with Crippen LogP contribution in [0, 0.1) is 17.1 Å². The van der Waals surface area contributed by atoms with Crippen molar-refractivity contribution in [3.63, 3.8) is 0 Å². The molecule has 2 atom stereocenters. The highest BCUT2D eigenvalue weighted by Crippen LogP contribution is 2.26. The average molecular weight is 417 g/mol. The van der Waals surface area contributed by atoms with Crippen molar-refractivity contribution < 1.29 is 14.3 Å². The molecule has 2 aromatic heterocycles. The summed E-state index contributed by atoms with van der Waals surface area (Å²) in [6.45, 7) is 3.72. The first-order valence-corrected chi connectivity index (χ1v) is 9.13. The second-order valence-corrected chi connectivity index (χ2v) is 6.98. The Labute approximate surface area is 171 Å². The Balaban J connectivity index is 1.66. The summed E-state index contributed by atoms with van der Waals surface area (Å²) >= 11 is 5.94. The zero-order chi connectivity index (χ0) is 21.1. The molecule has 0 saturated carbocycles. The molecule has 1 aromatic carbocycles. The van der Waals surface area contributed by atoms with Gasteiger partial charge in [-0.3, -0.25) is 9.48 Å². The van der Waals surface area contributed by atoms with Crippen molar-refractivity contribution in [2.75, 3.05) is 0 Å². The number of aliphatic hydroxyl groups excluding tert-OH is 1. The van der Waals surface area contributed by atoms with Crippen LogP contribution >= 0.6 is 11.6 Å². The number of aromatic amines is 1. The smallest absolute Gasteiger partial charge is 0.271 e. The predicted molar refractivity (Wildman–Crippen MR) is 103 cm³/mol. The lowest BCUT2D eigenvalue weighted by Crippen LogP contribution is -2.36. The first-order chi connectivity index (χ1) is 13.8. The largest absolute Gasteiger partial charge is 0.385 e. The zero-order valence-corrected chi connectivity index (χ0v) is 16.4. The van der Waals surface area contributed by atoms with Crippen molar-refractivity contribution in [3.8, 4) is 17.3 Å². The van der Waals surface area contributed by atoms with E-state index in [2.05, 4.69) is 20.4 Å². The average Bonchev–Trinajstić information content (AvgIpc) is 3.31. The molecule has 0 spiro atoms. The van der Waals surface area contributed by atoms with E-state index in [0.717, 1.165) is 0 Å². The molecule has 0 aliphatic heterocycles. The Bertz CT molecular complexity index is 1060. The Morgan fingerprint density at radius 3 is 2.86 bits per heavy atom. The summed E-state index contributed by atoms with van der Waals surface area (Å²) in [5.74, 6) is -0.775. The molecule has 3 aromatic rings. The summed E-state index contributed by atoms with van der Waals surface area (Å²) < 4.78 is 15.6. The van der Waals surface area contributed by atoms with Crippen LogP contribution in [0.25, 0.3) is 11.3 Å². The standard InChI is InChI=1S/C19H18ClFN6O2/c1-10(24-19(29)17-8-23-18(25-17)11(2)28)9-27-4-3-16(26-27)12-5-14(20)13(7-22)15(21)6-12/h3-6,8,10-11,28H,9H2,1-2H3,(H,23,25)(H,24,29). The van der Waals surface area contributed by atoms with Crippen LogP contribution in [0.15, 0.2) is 30.6 Å². The van der Waals surface area contributed by atoms with Crippen LogP contribution < -0.4 is 5.32 Å². The number of rotatable bonds is 6. The number of nitrogens with zero attached hydrogens (tertiary/aromatic N) is 4. The fourth-order valence-corrected chi connectivity index (χ4v) is 2.99. The molecular weight excluding hydrogens is 399 g/mol. The lowest BCUT2D eigenvalue weighted by molar-refractivity contribution is 0.0931. The number of aliphatic hydroxyl groups is 1. The van der Waals surface area contributed by atoms with Crippen molar-refractivity contribution in [1.82, 2.24) is 25.1 Å². The van der Waals surface area contributed by atoms with Crippen molar-refractivity contribution in [2.45, 2.75) is 32.5 Å². The second kappa shape index (κ2) is 8.43. The molecule has 3 N–H and O–H groups in total. The molecule has 0 bridgehead atoms. The van der Waals surface area contributed by atoms with Gasteiger partial charge in [0, 0.05) is 24.0 Å². The van der Waals surface area contributed by atoms with Gasteiger partial charge in [0.1, 0.15) is 35.1 Å². The topological polar surface area (TPSA) is 120 Å². The van der Waals surface area contributed by atoms with E-state index in [0.29, 0.717) is 23.6 Å². The zero-order valence-electron chi connectivity index (χ0n) is 15.6. The number of benzene rings is 1. The van der Waals surface area contributed by atoms with Crippen LogP contribution in [0.5, 0.6) is 0 Å². The number of H-pyrrole nitrogens is 1. The number of hydrogen-bond acceptors (Lipinski definition) is 5. The van der Waals surface area contributed by atoms with E-state index in [1.54, 1.807) is 36.9 Å². The Hall–Kier alpha value is -3.22. The van der Waals surface area contributed by atoms with Gasteiger partial charge in [-0.1, -0.05) is 11.6 Å². The van der Waals surface area contributed by atoms with Gasteiger partial charge in [-0.15, -0.1) is 0 Å². The number of nitriles is 1. The molecular formula is C19H18ClFN6O2. The summed E-state index contributed by atoms with van der Waals surface area (Å²) in [4.78, 5) is 19.0. The van der Waals surface area contributed by atoms with E-state index in [-0.39, 0.29) is 28.2 Å². The SMILES string of the molecule is CC(Cn1ccc(-c2cc(F)c(C#N)c(Cl)c2)n1)NC(=O)c1c[nH]c(C(C)O)n1. The van der Waals surface area contributed by atoms with Crippen LogP contribution in [-0.2, 0) is 6.54 Å². The van der Waals surface area contributed by atoms with Crippen LogP contribution in [0.2, 0.25) is 5.02 Å². The summed E-state index contributed by atoms with van der Waals surface area (Å²) in [6.07, 6.45) is 2.33. The predicted octanol–water partition coefficient (Wildman–Crippen LogP) is 2.81. The molecule has 0 fully saturated rings. The molecule has 2 unspecified atom stereocenters. The lowest BCUT2D eigenvalue weighted by Gasteiger charge is -2.13. The first kappa shape index (κ1) is 20.5. The summed E-state index contributed by atoms with van der Waals surface area (Å²) in [7, 11) is 0. The molecule has 0 saturated heterocycles. The molecule has 29 heavy (non-hydrogen) atoms. The first-order valence-electron chi connectivity index (χ1n) is 8.75. The highest BCUT2D eigenvalue weighted by atomic mass is 35.5. The monoisotopic (exact) mass is 416 g/mol. The Morgan fingerprint density at radius 1 is 1.48 bits per heavy atom. The van der Waals surface area contributed by atoms with Gasteiger partial charge < -0.3 is 15.4 Å². The van der Waals surface area contributed by atoms with Gasteiger partial charge in [0.15, 0.2) is 0 Å². The van der Waals surface area contributed by atoms with Crippen LogP contribution in [0.1, 0.15) is 41.8 Å². The van der Waals surface area contributed by atoms with Gasteiger partial charge in [0.2, 0.25) is 0 Å². The third kappa shape index (κ3) is 4.62. The van der Waals surface area contributed by atoms with Gasteiger partial charge in [-0.25, -0.2) is 9.37 Å². The fraction of sp³-hybridized carbons (Fsp3) is 0.263. The molecule has 1 amide bonds. The van der Waals surface area contributed by atoms with E-state index in [4.69, 9.17) is 16.9 Å². The number of amides is 1. The molecule has 150 valence electrons. The van der Waals surface area contributed by atoms with Gasteiger partial charge >= 0.3 is 0 Å². The number of imidazole rings is 1. The molecule has 0 radical (unpaired) electrons. The Morgan fingerprint density at radius 2 is 2.24 bits per heavy atom. The van der Waals surface area contributed by atoms with Crippen molar-refractivity contribution in [3.05, 3.63) is 58.5 Å². The van der Waals surface area contributed by atoms with E-state index < -0.39 is 11.9 Å². The Kier molecular flexibility index (Phi) is 5.96. The second-order valence-electron chi connectivity index (χ2n) is 6.57. The van der Waals surface area contributed by atoms with Crippen molar-refractivity contribution >= 4 is 17.5 Å². The normalized spacial score (nSPS) is 13.0. The minimum Gasteiger partial charge on any atom is -0.385 e. The maximum atomic E-state index is 14.0.